The van der Waals surface area contributed by atoms with E-state index in [1.165, 1.54) is 22.7 Å². The summed E-state index contributed by atoms with van der Waals surface area (Å²) in [5, 5.41) is 14.7. The number of ether oxygens (including phenoxy) is 2. The van der Waals surface area contributed by atoms with Gasteiger partial charge in [0.25, 0.3) is 0 Å². The van der Waals surface area contributed by atoms with Gasteiger partial charge in [-0.05, 0) is 51.1 Å². The molecule has 1 amide bonds. The van der Waals surface area contributed by atoms with E-state index >= 15 is 0 Å². The fourth-order valence-electron chi connectivity index (χ4n) is 6.85. The zero-order valence-electron chi connectivity index (χ0n) is 38.1. The highest BCUT2D eigenvalue weighted by Gasteiger charge is 2.39. The van der Waals surface area contributed by atoms with E-state index in [0.29, 0.717) is 78.8 Å². The van der Waals surface area contributed by atoms with E-state index < -0.39 is 17.3 Å². The van der Waals surface area contributed by atoms with Gasteiger partial charge in [0.05, 0.1) is 13.1 Å². The summed E-state index contributed by atoms with van der Waals surface area (Å²) in [5.74, 6) is -2.09. The zero-order chi connectivity index (χ0) is 47.3. The maximum Gasteiger partial charge on any atom is 0.248 e. The molecule has 3 N–H and O–H groups in total. The van der Waals surface area contributed by atoms with Crippen LogP contribution in [0.5, 0.6) is 11.8 Å². The Balaban J connectivity index is 0.000000191. The molecule has 21 heteroatoms. The Kier molecular flexibility index (Phi) is 16.0. The number of hydrogen-bond acceptors (Lipinski definition) is 15. The lowest BCUT2D eigenvalue weighted by Gasteiger charge is -2.41. The molecule has 14 nitrogen and oxygen atoms in total. The molecule has 0 spiro atoms. The molecule has 356 valence electrons. The molecule has 0 atom stereocenters. The lowest BCUT2D eigenvalue weighted by Crippen LogP contribution is -2.58. The van der Waals surface area contributed by atoms with E-state index in [1.807, 2.05) is 45.4 Å². The molecule has 8 rings (SSSR count). The number of aryl methyl sites for hydroxylation is 2. The second-order valence-corrected chi connectivity index (χ2v) is 21.1. The van der Waals surface area contributed by atoms with Crippen molar-refractivity contribution in [2.75, 3.05) is 36.8 Å². The first-order chi connectivity index (χ1) is 30.4. The predicted molar refractivity (Wildman–Crippen MR) is 245 cm³/mol. The molecule has 0 bridgehead atoms. The number of anilines is 2. The molecular weight excluding hydrogens is 908 g/mol. The van der Waals surface area contributed by atoms with Crippen LogP contribution in [0.15, 0.2) is 22.9 Å². The minimum Gasteiger partial charge on any atom is -0.471 e. The molecule has 0 aromatic carbocycles. The van der Waals surface area contributed by atoms with Crippen LogP contribution in [-0.2, 0) is 9.59 Å². The van der Waals surface area contributed by atoms with E-state index in [2.05, 4.69) is 45.9 Å². The standard InChI is InChI=1S/C22H29F2N5O2S.C17H21F2N5OS.C5H9ClO/c1-13-12-32-19(25-13)18-27-16(26-14-5-7-22(23,24)8-6-14)9-17(28-18)31-15-10-29(11-15)20(30)21(2,3)4;1-10-9-26-16(21-10)15-23-13(6-14(24-15)25-12-7-20-8-12)22-11-2-4-17(18,19)5-3-11;1-5(2,3)4(6)7/h9,12,14-15H,5-8,10-11H2,1-4H3,(H,26,27,28);6,9,11-12,20H,2-5,7-8H2,1H3,(H,22,23,24);1-3H3. The summed E-state index contributed by atoms with van der Waals surface area (Å²) in [6, 6.07) is 3.35. The van der Waals surface area contributed by atoms with Gasteiger partial charge in [-0.2, -0.15) is 9.97 Å². The van der Waals surface area contributed by atoms with E-state index in [-0.39, 0.29) is 66.5 Å². The average molecular weight is 968 g/mol. The van der Waals surface area contributed by atoms with Crippen LogP contribution >= 0.6 is 34.3 Å². The quantitative estimate of drug-likeness (QED) is 0.102. The lowest BCUT2D eigenvalue weighted by atomic mass is 9.92. The van der Waals surface area contributed by atoms with Crippen molar-refractivity contribution in [1.29, 1.82) is 0 Å². The first kappa shape index (κ1) is 50.1. The van der Waals surface area contributed by atoms with Crippen LogP contribution in [0.3, 0.4) is 0 Å². The summed E-state index contributed by atoms with van der Waals surface area (Å²) in [7, 11) is 0. The summed E-state index contributed by atoms with van der Waals surface area (Å²) < 4.78 is 65.7. The minimum absolute atomic E-state index is 0.0198. The number of carbonyl (C=O) groups is 2. The Labute approximate surface area is 390 Å². The van der Waals surface area contributed by atoms with Gasteiger partial charge in [-0.3, -0.25) is 9.59 Å². The Bertz CT molecular complexity index is 2240. The van der Waals surface area contributed by atoms with Crippen molar-refractivity contribution in [1.82, 2.24) is 40.1 Å². The number of nitrogens with zero attached hydrogens (tertiary/aromatic N) is 7. The van der Waals surface area contributed by atoms with Crippen LogP contribution in [-0.4, -0.2) is 108 Å². The molecule has 4 aromatic rings. The number of thiazole rings is 2. The second kappa shape index (κ2) is 20.7. The van der Waals surface area contributed by atoms with Crippen molar-refractivity contribution in [3.05, 3.63) is 34.3 Å². The number of halogens is 5. The van der Waals surface area contributed by atoms with Gasteiger partial charge < -0.3 is 30.3 Å². The summed E-state index contributed by atoms with van der Waals surface area (Å²) in [6.07, 6.45) is 1.11. The highest BCUT2D eigenvalue weighted by Crippen LogP contribution is 2.37. The Morgan fingerprint density at radius 1 is 0.692 bits per heavy atom. The van der Waals surface area contributed by atoms with Crippen molar-refractivity contribution in [2.24, 2.45) is 10.8 Å². The van der Waals surface area contributed by atoms with Crippen LogP contribution < -0.4 is 25.4 Å². The van der Waals surface area contributed by atoms with E-state index in [4.69, 9.17) is 21.1 Å². The zero-order valence-corrected chi connectivity index (χ0v) is 40.5. The highest BCUT2D eigenvalue weighted by molar-refractivity contribution is 7.13. The highest BCUT2D eigenvalue weighted by atomic mass is 35.5. The fourth-order valence-corrected chi connectivity index (χ4v) is 8.31. The van der Waals surface area contributed by atoms with Crippen molar-refractivity contribution in [3.8, 4) is 33.4 Å². The number of rotatable bonds is 10. The normalized spacial score (nSPS) is 19.1. The first-order valence-electron chi connectivity index (χ1n) is 21.8. The summed E-state index contributed by atoms with van der Waals surface area (Å²) in [4.78, 5) is 51.4. The molecular formula is C44H59ClF4N10O4S2. The van der Waals surface area contributed by atoms with Gasteiger partial charge in [-0.25, -0.2) is 37.5 Å². The first-order valence-corrected chi connectivity index (χ1v) is 24.0. The van der Waals surface area contributed by atoms with Gasteiger partial charge in [0.15, 0.2) is 21.7 Å². The van der Waals surface area contributed by atoms with Gasteiger partial charge in [0.2, 0.25) is 34.8 Å². The van der Waals surface area contributed by atoms with Gasteiger partial charge in [0.1, 0.15) is 23.8 Å². The lowest BCUT2D eigenvalue weighted by molar-refractivity contribution is -0.148. The molecule has 4 aliphatic rings. The minimum atomic E-state index is -2.58. The maximum absolute atomic E-state index is 13.5. The molecule has 4 fully saturated rings. The van der Waals surface area contributed by atoms with Gasteiger partial charge in [-0.1, -0.05) is 41.5 Å². The van der Waals surface area contributed by atoms with Crippen LogP contribution in [0, 0.1) is 24.7 Å². The summed E-state index contributed by atoms with van der Waals surface area (Å²) in [5.41, 5.74) is 0.983. The number of likely N-dealkylation sites (tertiary alicyclic amines) is 1. The number of amides is 1. The van der Waals surface area contributed by atoms with Crippen molar-refractivity contribution in [2.45, 2.75) is 143 Å². The number of carbonyl (C=O) groups excluding carboxylic acids is 2. The van der Waals surface area contributed by atoms with Crippen molar-refractivity contribution < 1.29 is 36.6 Å². The van der Waals surface area contributed by atoms with E-state index in [0.717, 1.165) is 29.5 Å². The van der Waals surface area contributed by atoms with Crippen LogP contribution in [0.4, 0.5) is 29.2 Å². The average Bonchev–Trinajstić information content (AvgIpc) is 3.83. The topological polar surface area (TPSA) is 169 Å². The Morgan fingerprint density at radius 2 is 1.09 bits per heavy atom. The summed E-state index contributed by atoms with van der Waals surface area (Å²) >= 11 is 8.03. The largest absolute Gasteiger partial charge is 0.471 e. The third kappa shape index (κ3) is 14.9. The Morgan fingerprint density at radius 3 is 1.42 bits per heavy atom. The van der Waals surface area contributed by atoms with Gasteiger partial charge >= 0.3 is 0 Å². The van der Waals surface area contributed by atoms with Crippen LogP contribution in [0.25, 0.3) is 21.7 Å². The molecule has 65 heavy (non-hydrogen) atoms. The van der Waals surface area contributed by atoms with Crippen LogP contribution in [0.1, 0.15) is 104 Å². The number of aromatic nitrogens is 6. The molecule has 2 saturated carbocycles. The Hall–Kier alpha value is -4.27. The molecule has 2 aliphatic carbocycles. The molecule has 4 aromatic heterocycles. The number of nitrogens with one attached hydrogen (secondary N) is 3. The third-order valence-electron chi connectivity index (χ3n) is 10.8. The molecule has 2 saturated heterocycles. The third-order valence-corrected chi connectivity index (χ3v) is 13.3. The maximum atomic E-state index is 13.5. The van der Waals surface area contributed by atoms with Gasteiger partial charge in [-0.15, -0.1) is 22.7 Å². The van der Waals surface area contributed by atoms with Gasteiger partial charge in [0, 0.05) is 96.0 Å². The molecule has 6 heterocycles. The van der Waals surface area contributed by atoms with E-state index in [9.17, 15) is 27.2 Å². The number of hydrogen-bond donors (Lipinski definition) is 3. The van der Waals surface area contributed by atoms with Crippen molar-refractivity contribution in [3.63, 3.8) is 0 Å². The SMILES string of the molecule is CC(C)(C)C(=O)Cl.Cc1csc(-c2nc(NC3CCC(F)(F)CC3)cc(OC3CN(C(=O)C(C)(C)C)C3)n2)n1.Cc1csc(-c2nc(NC3CCC(F)(F)CC3)cc(OC3CNC3)n2)n1. The second-order valence-electron chi connectivity index (χ2n) is 19.1. The number of alkyl halides is 4. The summed E-state index contributed by atoms with van der Waals surface area (Å²) in [6.45, 7) is 17.4. The smallest absolute Gasteiger partial charge is 0.248 e. The fraction of sp³-hybridized carbons (Fsp3) is 0.636. The van der Waals surface area contributed by atoms with Crippen LogP contribution in [0.2, 0.25) is 0 Å². The van der Waals surface area contributed by atoms with E-state index in [1.54, 1.807) is 37.8 Å². The molecule has 0 radical (unpaired) electrons. The molecule has 2 aliphatic heterocycles. The monoisotopic (exact) mass is 966 g/mol. The van der Waals surface area contributed by atoms with Crippen molar-refractivity contribution >= 4 is 57.1 Å². The molecule has 0 unspecified atom stereocenters. The predicted octanol–water partition coefficient (Wildman–Crippen LogP) is 9.58.